The summed E-state index contributed by atoms with van der Waals surface area (Å²) in [4.78, 5) is 0. The van der Waals surface area contributed by atoms with Gasteiger partial charge in [0.25, 0.3) is 0 Å². The Morgan fingerprint density at radius 2 is 2.31 bits per heavy atom. The molecular weight excluding hydrogens is 162 g/mol. The smallest absolute Gasteiger partial charge is 0.0654 e. The Hall–Kier alpha value is -0.340. The molecule has 13 heavy (non-hydrogen) atoms. The van der Waals surface area contributed by atoms with E-state index in [1.165, 1.54) is 0 Å². The van der Waals surface area contributed by atoms with E-state index in [2.05, 4.69) is 25.2 Å². The van der Waals surface area contributed by atoms with Crippen LogP contribution in [-0.4, -0.2) is 25.8 Å². The van der Waals surface area contributed by atoms with Gasteiger partial charge >= 0.3 is 0 Å². The molecule has 1 N–H and O–H groups in total. The topological polar surface area (TPSA) is 21.3 Å². The van der Waals surface area contributed by atoms with E-state index in [0.29, 0.717) is 6.10 Å². The van der Waals surface area contributed by atoms with Gasteiger partial charge in [0, 0.05) is 12.0 Å². The van der Waals surface area contributed by atoms with Crippen molar-refractivity contribution < 1.29 is 4.74 Å². The van der Waals surface area contributed by atoms with Crippen LogP contribution in [0, 0.1) is 5.41 Å². The number of piperidine rings is 1. The van der Waals surface area contributed by atoms with Gasteiger partial charge in [-0.15, -0.1) is 0 Å². The molecule has 1 aliphatic heterocycles. The van der Waals surface area contributed by atoms with Crippen LogP contribution in [0.5, 0.6) is 0 Å². The first-order chi connectivity index (χ1) is 6.17. The van der Waals surface area contributed by atoms with E-state index in [1.807, 2.05) is 13.0 Å². The van der Waals surface area contributed by atoms with E-state index < -0.39 is 0 Å². The van der Waals surface area contributed by atoms with Crippen LogP contribution >= 0.6 is 0 Å². The third-order valence-corrected chi connectivity index (χ3v) is 2.66. The van der Waals surface area contributed by atoms with Crippen molar-refractivity contribution in [2.45, 2.75) is 33.3 Å². The van der Waals surface area contributed by atoms with Crippen molar-refractivity contribution in [1.82, 2.24) is 5.32 Å². The minimum atomic E-state index is 0.278. The summed E-state index contributed by atoms with van der Waals surface area (Å²) in [7, 11) is 0. The third kappa shape index (κ3) is 3.12. The highest BCUT2D eigenvalue weighted by molar-refractivity contribution is 4.87. The van der Waals surface area contributed by atoms with Crippen LogP contribution < -0.4 is 5.32 Å². The maximum absolute atomic E-state index is 5.81. The fraction of sp³-hybridized carbons (Fsp3) is 0.818. The van der Waals surface area contributed by atoms with E-state index >= 15 is 0 Å². The van der Waals surface area contributed by atoms with Gasteiger partial charge in [0.15, 0.2) is 0 Å². The minimum absolute atomic E-state index is 0.278. The molecule has 0 amide bonds. The van der Waals surface area contributed by atoms with Gasteiger partial charge in [0.2, 0.25) is 0 Å². The second kappa shape index (κ2) is 4.77. The number of rotatable bonds is 3. The number of allylic oxidation sites excluding steroid dienone is 1. The van der Waals surface area contributed by atoms with Crippen molar-refractivity contribution in [3.8, 4) is 0 Å². The largest absolute Gasteiger partial charge is 0.374 e. The first-order valence-electron chi connectivity index (χ1n) is 5.10. The highest BCUT2D eigenvalue weighted by Gasteiger charge is 2.32. The lowest BCUT2D eigenvalue weighted by Gasteiger charge is -2.38. The van der Waals surface area contributed by atoms with Crippen LogP contribution in [0.15, 0.2) is 12.2 Å². The predicted molar refractivity (Wildman–Crippen MR) is 55.8 cm³/mol. The zero-order chi connectivity index (χ0) is 9.73. The lowest BCUT2D eigenvalue weighted by atomic mass is 9.82. The third-order valence-electron chi connectivity index (χ3n) is 2.66. The van der Waals surface area contributed by atoms with Gasteiger partial charge in [0.1, 0.15) is 0 Å². The van der Waals surface area contributed by atoms with Crippen molar-refractivity contribution in [2.24, 2.45) is 5.41 Å². The molecule has 1 unspecified atom stereocenters. The standard InChI is InChI=1S/C11H21NO/c1-4-5-8-13-10-6-7-12-9-11(10,2)3/h4-5,10,12H,6-9H2,1-3H3/b5-4+. The van der Waals surface area contributed by atoms with Gasteiger partial charge in [-0.1, -0.05) is 26.0 Å². The van der Waals surface area contributed by atoms with Gasteiger partial charge in [-0.05, 0) is 19.9 Å². The Morgan fingerprint density at radius 3 is 2.92 bits per heavy atom. The maximum atomic E-state index is 5.81. The highest BCUT2D eigenvalue weighted by Crippen LogP contribution is 2.27. The summed E-state index contributed by atoms with van der Waals surface area (Å²) in [6.07, 6.45) is 5.64. The van der Waals surface area contributed by atoms with Crippen LogP contribution in [0.25, 0.3) is 0 Å². The molecule has 0 aliphatic carbocycles. The first-order valence-corrected chi connectivity index (χ1v) is 5.10. The van der Waals surface area contributed by atoms with Crippen LogP contribution in [0.2, 0.25) is 0 Å². The molecule has 2 nitrogen and oxygen atoms in total. The number of nitrogens with one attached hydrogen (secondary N) is 1. The molecule has 0 radical (unpaired) electrons. The van der Waals surface area contributed by atoms with Crippen LogP contribution in [0.1, 0.15) is 27.2 Å². The van der Waals surface area contributed by atoms with Crippen LogP contribution in [0.4, 0.5) is 0 Å². The average Bonchev–Trinajstić information content (AvgIpc) is 2.08. The fourth-order valence-electron chi connectivity index (χ4n) is 1.73. The van der Waals surface area contributed by atoms with Gasteiger partial charge in [0.05, 0.1) is 12.7 Å². The van der Waals surface area contributed by atoms with Gasteiger partial charge in [-0.2, -0.15) is 0 Å². The molecule has 1 saturated heterocycles. The molecule has 0 saturated carbocycles. The molecule has 0 aromatic carbocycles. The van der Waals surface area contributed by atoms with Crippen molar-refractivity contribution in [1.29, 1.82) is 0 Å². The summed E-state index contributed by atoms with van der Waals surface area (Å²) in [6, 6.07) is 0. The van der Waals surface area contributed by atoms with Gasteiger partial charge < -0.3 is 10.1 Å². The number of hydrogen-bond acceptors (Lipinski definition) is 2. The summed E-state index contributed by atoms with van der Waals surface area (Å²) in [5.74, 6) is 0. The zero-order valence-corrected chi connectivity index (χ0v) is 8.97. The van der Waals surface area contributed by atoms with Crippen molar-refractivity contribution in [3.63, 3.8) is 0 Å². The monoisotopic (exact) mass is 183 g/mol. The SMILES string of the molecule is C/C=C/COC1CCNCC1(C)C. The van der Waals surface area contributed by atoms with Crippen molar-refractivity contribution >= 4 is 0 Å². The van der Waals surface area contributed by atoms with Crippen molar-refractivity contribution in [3.05, 3.63) is 12.2 Å². The highest BCUT2D eigenvalue weighted by atomic mass is 16.5. The Bertz CT molecular complexity index is 175. The summed E-state index contributed by atoms with van der Waals surface area (Å²) in [6.45, 7) is 9.46. The molecular formula is C11H21NO. The van der Waals surface area contributed by atoms with E-state index in [-0.39, 0.29) is 5.41 Å². The number of hydrogen-bond donors (Lipinski definition) is 1. The molecule has 1 rings (SSSR count). The quantitative estimate of drug-likeness (QED) is 0.675. The average molecular weight is 183 g/mol. The van der Waals surface area contributed by atoms with E-state index in [9.17, 15) is 0 Å². The second-order valence-electron chi connectivity index (χ2n) is 4.35. The molecule has 1 heterocycles. The molecule has 0 aromatic heterocycles. The van der Waals surface area contributed by atoms with E-state index in [4.69, 9.17) is 4.74 Å². The number of ether oxygens (including phenoxy) is 1. The molecule has 1 aliphatic rings. The molecule has 0 aromatic rings. The van der Waals surface area contributed by atoms with Crippen LogP contribution in [0.3, 0.4) is 0 Å². The Kier molecular flexibility index (Phi) is 3.94. The Labute approximate surface area is 81.4 Å². The normalized spacial score (nSPS) is 28.1. The molecule has 1 fully saturated rings. The van der Waals surface area contributed by atoms with Gasteiger partial charge in [-0.3, -0.25) is 0 Å². The zero-order valence-electron chi connectivity index (χ0n) is 8.97. The molecule has 0 spiro atoms. The van der Waals surface area contributed by atoms with E-state index in [1.54, 1.807) is 0 Å². The minimum Gasteiger partial charge on any atom is -0.374 e. The molecule has 2 heteroatoms. The molecule has 1 atom stereocenters. The Balaban J connectivity index is 2.37. The van der Waals surface area contributed by atoms with Crippen molar-refractivity contribution in [2.75, 3.05) is 19.7 Å². The van der Waals surface area contributed by atoms with E-state index in [0.717, 1.165) is 26.1 Å². The Morgan fingerprint density at radius 1 is 1.54 bits per heavy atom. The molecule has 76 valence electrons. The summed E-state index contributed by atoms with van der Waals surface area (Å²) in [5.41, 5.74) is 0.278. The summed E-state index contributed by atoms with van der Waals surface area (Å²) in [5, 5.41) is 3.40. The maximum Gasteiger partial charge on any atom is 0.0654 e. The lowest BCUT2D eigenvalue weighted by Crippen LogP contribution is -2.47. The predicted octanol–water partition coefficient (Wildman–Crippen LogP) is 1.97. The second-order valence-corrected chi connectivity index (χ2v) is 4.35. The van der Waals surface area contributed by atoms with Crippen LogP contribution in [-0.2, 0) is 4.74 Å². The lowest BCUT2D eigenvalue weighted by molar-refractivity contribution is -0.0305. The fourth-order valence-corrected chi connectivity index (χ4v) is 1.73. The first kappa shape index (κ1) is 10.7. The van der Waals surface area contributed by atoms with Gasteiger partial charge in [-0.25, -0.2) is 0 Å². The summed E-state index contributed by atoms with van der Waals surface area (Å²) < 4.78 is 5.81. The summed E-state index contributed by atoms with van der Waals surface area (Å²) >= 11 is 0. The molecule has 0 bridgehead atoms.